The Bertz CT molecular complexity index is 604. The number of morpholine rings is 1. The van der Waals surface area contributed by atoms with Crippen LogP contribution >= 0.6 is 0 Å². The third-order valence-electron chi connectivity index (χ3n) is 5.20. The number of anilines is 1. The predicted octanol–water partition coefficient (Wildman–Crippen LogP) is 2.25. The van der Waals surface area contributed by atoms with Crippen LogP contribution in [0.5, 0.6) is 0 Å². The van der Waals surface area contributed by atoms with Gasteiger partial charge in [-0.15, -0.1) is 0 Å². The molecule has 0 unspecified atom stereocenters. The smallest absolute Gasteiger partial charge is 0.396 e. The quantitative estimate of drug-likeness (QED) is 0.877. The van der Waals surface area contributed by atoms with Gasteiger partial charge in [-0.25, -0.2) is 4.98 Å². The number of alkyl halides is 3. The Labute approximate surface area is 151 Å². The highest BCUT2D eigenvalue weighted by atomic mass is 19.4. The van der Waals surface area contributed by atoms with E-state index in [0.717, 1.165) is 31.8 Å². The summed E-state index contributed by atoms with van der Waals surface area (Å²) in [4.78, 5) is 8.30. The van der Waals surface area contributed by atoms with Crippen molar-refractivity contribution < 1.29 is 23.0 Å². The standard InChI is InChI=1S/C18H26F3N3O2/c1-12-6-23(7-13(2)26-12)8-14-9-24(10-15(14)11-25)17-5-16(3-4-22-17)18(19,20)21/h3-5,12-15,25H,6-11H2,1-2H3/t12-,13+,14-,15-/m0/s1. The molecule has 26 heavy (non-hydrogen) atoms. The van der Waals surface area contributed by atoms with Gasteiger partial charge in [0.2, 0.25) is 0 Å². The summed E-state index contributed by atoms with van der Waals surface area (Å²) in [5, 5.41) is 9.75. The lowest BCUT2D eigenvalue weighted by Gasteiger charge is -2.37. The molecule has 8 heteroatoms. The maximum Gasteiger partial charge on any atom is 0.416 e. The van der Waals surface area contributed by atoms with E-state index >= 15 is 0 Å². The first-order valence-corrected chi connectivity index (χ1v) is 9.03. The minimum atomic E-state index is -4.38. The molecule has 0 saturated carbocycles. The topological polar surface area (TPSA) is 48.8 Å². The van der Waals surface area contributed by atoms with Gasteiger partial charge < -0.3 is 14.7 Å². The Morgan fingerprint density at radius 3 is 2.42 bits per heavy atom. The minimum Gasteiger partial charge on any atom is -0.396 e. The summed E-state index contributed by atoms with van der Waals surface area (Å²) in [6, 6.07) is 2.08. The van der Waals surface area contributed by atoms with E-state index in [1.54, 1.807) is 0 Å². The van der Waals surface area contributed by atoms with Gasteiger partial charge in [0.25, 0.3) is 0 Å². The first-order valence-electron chi connectivity index (χ1n) is 9.03. The van der Waals surface area contributed by atoms with E-state index in [0.29, 0.717) is 18.9 Å². The average molecular weight is 373 g/mol. The Balaban J connectivity index is 1.69. The van der Waals surface area contributed by atoms with E-state index in [1.165, 1.54) is 6.20 Å². The number of aliphatic hydroxyl groups is 1. The van der Waals surface area contributed by atoms with Crippen molar-refractivity contribution in [3.8, 4) is 0 Å². The van der Waals surface area contributed by atoms with E-state index in [1.807, 2.05) is 18.7 Å². The first-order chi connectivity index (χ1) is 12.3. The monoisotopic (exact) mass is 373 g/mol. The summed E-state index contributed by atoms with van der Waals surface area (Å²) in [5.74, 6) is 0.540. The number of ether oxygens (including phenoxy) is 1. The second-order valence-electron chi connectivity index (χ2n) is 7.48. The first kappa shape index (κ1) is 19.4. The van der Waals surface area contributed by atoms with Gasteiger partial charge in [0, 0.05) is 51.4 Å². The highest BCUT2D eigenvalue weighted by Gasteiger charge is 2.37. The number of hydrogen-bond acceptors (Lipinski definition) is 5. The number of aliphatic hydroxyl groups excluding tert-OH is 1. The van der Waals surface area contributed by atoms with Crippen molar-refractivity contribution in [3.05, 3.63) is 23.9 Å². The van der Waals surface area contributed by atoms with E-state index < -0.39 is 11.7 Å². The molecule has 0 bridgehead atoms. The fourth-order valence-corrected chi connectivity index (χ4v) is 4.07. The van der Waals surface area contributed by atoms with Crippen LogP contribution in [0.3, 0.4) is 0 Å². The predicted molar refractivity (Wildman–Crippen MR) is 92.0 cm³/mol. The van der Waals surface area contributed by atoms with Gasteiger partial charge in [-0.05, 0) is 31.9 Å². The molecule has 1 aromatic rings. The Kier molecular flexibility index (Phi) is 5.74. The van der Waals surface area contributed by atoms with Gasteiger partial charge in [-0.3, -0.25) is 4.90 Å². The van der Waals surface area contributed by atoms with Crippen LogP contribution in [0.15, 0.2) is 18.3 Å². The summed E-state index contributed by atoms with van der Waals surface area (Å²) >= 11 is 0. The highest BCUT2D eigenvalue weighted by Crippen LogP contribution is 2.33. The molecule has 1 N–H and O–H groups in total. The number of hydrogen-bond donors (Lipinski definition) is 1. The SMILES string of the molecule is C[C@@H]1CN(C[C@H]2CN(c3cc(C(F)(F)F)ccn3)C[C@H]2CO)C[C@H](C)O1. The van der Waals surface area contributed by atoms with Crippen LogP contribution < -0.4 is 4.90 Å². The average Bonchev–Trinajstić information content (AvgIpc) is 2.96. The summed E-state index contributed by atoms with van der Waals surface area (Å²) in [6.45, 7) is 7.69. The molecule has 2 fully saturated rings. The normalized spacial score (nSPS) is 30.8. The Morgan fingerprint density at radius 2 is 1.81 bits per heavy atom. The lowest BCUT2D eigenvalue weighted by Crippen LogP contribution is -2.48. The van der Waals surface area contributed by atoms with E-state index in [2.05, 4.69) is 9.88 Å². The van der Waals surface area contributed by atoms with Gasteiger partial charge in [0.05, 0.1) is 17.8 Å². The fraction of sp³-hybridized carbons (Fsp3) is 0.722. The molecule has 0 amide bonds. The molecule has 2 saturated heterocycles. The van der Waals surface area contributed by atoms with Crippen molar-refractivity contribution in [2.24, 2.45) is 11.8 Å². The van der Waals surface area contributed by atoms with Crippen LogP contribution in [-0.4, -0.2) is 66.5 Å². The molecular weight excluding hydrogens is 347 g/mol. The highest BCUT2D eigenvalue weighted by molar-refractivity contribution is 5.43. The lowest BCUT2D eigenvalue weighted by atomic mass is 9.96. The van der Waals surface area contributed by atoms with E-state index in [4.69, 9.17) is 4.74 Å². The van der Waals surface area contributed by atoms with Crippen LogP contribution in [0.2, 0.25) is 0 Å². The van der Waals surface area contributed by atoms with Crippen molar-refractivity contribution >= 4 is 5.82 Å². The summed E-state index contributed by atoms with van der Waals surface area (Å²) in [5.41, 5.74) is -0.692. The minimum absolute atomic E-state index is 0.0234. The maximum atomic E-state index is 13.0. The number of nitrogens with zero attached hydrogens (tertiary/aromatic N) is 3. The molecule has 0 spiro atoms. The molecule has 5 nitrogen and oxygen atoms in total. The van der Waals surface area contributed by atoms with E-state index in [9.17, 15) is 18.3 Å². The van der Waals surface area contributed by atoms with Gasteiger partial charge in [-0.1, -0.05) is 0 Å². The number of aromatic nitrogens is 1. The summed E-state index contributed by atoms with van der Waals surface area (Å²) in [7, 11) is 0. The third kappa shape index (κ3) is 4.47. The van der Waals surface area contributed by atoms with Crippen LogP contribution in [0.4, 0.5) is 19.0 Å². The van der Waals surface area contributed by atoms with Crippen molar-refractivity contribution in [1.82, 2.24) is 9.88 Å². The van der Waals surface area contributed by atoms with Gasteiger partial charge >= 0.3 is 6.18 Å². The van der Waals surface area contributed by atoms with E-state index in [-0.39, 0.29) is 30.7 Å². The van der Waals surface area contributed by atoms with Crippen molar-refractivity contribution in [3.63, 3.8) is 0 Å². The Hall–Kier alpha value is -1.38. The van der Waals surface area contributed by atoms with Crippen molar-refractivity contribution in [2.45, 2.75) is 32.2 Å². The molecule has 3 heterocycles. The molecule has 1 aromatic heterocycles. The van der Waals surface area contributed by atoms with Crippen molar-refractivity contribution in [2.75, 3.05) is 44.2 Å². The van der Waals surface area contributed by atoms with Crippen LogP contribution in [0.1, 0.15) is 19.4 Å². The molecule has 146 valence electrons. The van der Waals surface area contributed by atoms with Crippen LogP contribution in [0, 0.1) is 11.8 Å². The number of rotatable bonds is 4. The maximum absolute atomic E-state index is 13.0. The summed E-state index contributed by atoms with van der Waals surface area (Å²) < 4.78 is 44.6. The molecule has 0 radical (unpaired) electrons. The molecule has 3 rings (SSSR count). The zero-order valence-corrected chi connectivity index (χ0v) is 15.1. The van der Waals surface area contributed by atoms with Crippen molar-refractivity contribution in [1.29, 1.82) is 0 Å². The van der Waals surface area contributed by atoms with Gasteiger partial charge in [-0.2, -0.15) is 13.2 Å². The third-order valence-corrected chi connectivity index (χ3v) is 5.20. The molecule has 0 aromatic carbocycles. The molecular formula is C18H26F3N3O2. The largest absolute Gasteiger partial charge is 0.416 e. The van der Waals surface area contributed by atoms with Crippen LogP contribution in [-0.2, 0) is 10.9 Å². The van der Waals surface area contributed by atoms with Gasteiger partial charge in [0.15, 0.2) is 0 Å². The number of pyridine rings is 1. The second-order valence-corrected chi connectivity index (χ2v) is 7.48. The molecule has 2 aliphatic heterocycles. The van der Waals surface area contributed by atoms with Crippen LogP contribution in [0.25, 0.3) is 0 Å². The summed E-state index contributed by atoms with van der Waals surface area (Å²) in [6.07, 6.45) is -2.86. The molecule has 4 atom stereocenters. The number of halogens is 3. The van der Waals surface area contributed by atoms with Gasteiger partial charge in [0.1, 0.15) is 5.82 Å². The Morgan fingerprint density at radius 1 is 1.15 bits per heavy atom. The molecule has 2 aliphatic rings. The zero-order chi connectivity index (χ0) is 18.9. The molecule has 0 aliphatic carbocycles. The fourth-order valence-electron chi connectivity index (χ4n) is 4.07. The zero-order valence-electron chi connectivity index (χ0n) is 15.1. The second kappa shape index (κ2) is 7.70. The lowest BCUT2D eigenvalue weighted by molar-refractivity contribution is -0.137.